The van der Waals surface area contributed by atoms with Crippen LogP contribution in [0.3, 0.4) is 0 Å². The molecule has 0 aliphatic carbocycles. The van der Waals surface area contributed by atoms with E-state index in [4.69, 9.17) is 16.3 Å². The Balaban J connectivity index is 1.92. The molecule has 184 valence electrons. The number of nitrogens with one attached hydrogen (secondary N) is 2. The molecule has 1 aromatic rings. The summed E-state index contributed by atoms with van der Waals surface area (Å²) in [5.74, 6) is -0.348. The predicted octanol–water partition coefficient (Wildman–Crippen LogP) is 2.47. The van der Waals surface area contributed by atoms with E-state index in [1.165, 1.54) is 6.20 Å². The standard InChI is InChI=1S/C22H35ClN6O4/c1-6-28(7-2)20-26-13-16(23)17(27-20)19(31)29-12-8-9-15(14-29)18(30)24-10-11-25-21(32)33-22(3,4)5/h13,15H,6-12,14H2,1-5H3,(H,24,30)(H,25,32). The van der Waals surface area contributed by atoms with Crippen molar-refractivity contribution in [3.8, 4) is 0 Å². The van der Waals surface area contributed by atoms with E-state index in [-0.39, 0.29) is 48.1 Å². The number of carbonyl (C=O) groups excluding carboxylic acids is 3. The lowest BCUT2D eigenvalue weighted by molar-refractivity contribution is -0.126. The molecule has 0 spiro atoms. The quantitative estimate of drug-likeness (QED) is 0.546. The van der Waals surface area contributed by atoms with Gasteiger partial charge in [0.25, 0.3) is 5.91 Å². The molecule has 10 nitrogen and oxygen atoms in total. The molecule has 2 N–H and O–H groups in total. The molecule has 1 aliphatic heterocycles. The third kappa shape index (κ3) is 8.03. The van der Waals surface area contributed by atoms with Crippen LogP contribution >= 0.6 is 11.6 Å². The van der Waals surface area contributed by atoms with Crippen LogP contribution in [-0.2, 0) is 9.53 Å². The molecule has 1 aromatic heterocycles. The maximum absolute atomic E-state index is 13.1. The molecule has 0 aromatic carbocycles. The molecule has 0 bridgehead atoms. The third-order valence-electron chi connectivity index (χ3n) is 5.15. The summed E-state index contributed by atoms with van der Waals surface area (Å²) < 4.78 is 5.16. The van der Waals surface area contributed by atoms with E-state index in [1.54, 1.807) is 25.7 Å². The van der Waals surface area contributed by atoms with Gasteiger partial charge in [-0.25, -0.2) is 14.8 Å². The highest BCUT2D eigenvalue weighted by Gasteiger charge is 2.30. The van der Waals surface area contributed by atoms with Gasteiger partial charge in [0.05, 0.1) is 17.1 Å². The molecule has 1 saturated heterocycles. The van der Waals surface area contributed by atoms with E-state index in [0.29, 0.717) is 38.4 Å². The van der Waals surface area contributed by atoms with Gasteiger partial charge < -0.3 is 25.2 Å². The summed E-state index contributed by atoms with van der Waals surface area (Å²) in [5, 5.41) is 5.61. The van der Waals surface area contributed by atoms with Gasteiger partial charge >= 0.3 is 6.09 Å². The van der Waals surface area contributed by atoms with Crippen molar-refractivity contribution in [3.05, 3.63) is 16.9 Å². The second-order valence-electron chi connectivity index (χ2n) is 8.85. The van der Waals surface area contributed by atoms with E-state index in [9.17, 15) is 14.4 Å². The van der Waals surface area contributed by atoms with E-state index < -0.39 is 11.7 Å². The number of rotatable bonds is 8. The fraction of sp³-hybridized carbons (Fsp3) is 0.682. The number of piperidine rings is 1. The van der Waals surface area contributed by atoms with Crippen LogP contribution in [0, 0.1) is 5.92 Å². The minimum Gasteiger partial charge on any atom is -0.444 e. The first-order valence-corrected chi connectivity index (χ1v) is 11.7. The topological polar surface area (TPSA) is 117 Å². The largest absolute Gasteiger partial charge is 0.444 e. The van der Waals surface area contributed by atoms with Gasteiger partial charge in [-0.15, -0.1) is 0 Å². The Bertz CT molecular complexity index is 841. The molecule has 0 radical (unpaired) electrons. The van der Waals surface area contributed by atoms with Gasteiger partial charge in [0.2, 0.25) is 11.9 Å². The minimum absolute atomic E-state index is 0.149. The van der Waals surface area contributed by atoms with Crippen LogP contribution in [0.1, 0.15) is 57.9 Å². The summed E-state index contributed by atoms with van der Waals surface area (Å²) in [6.07, 6.45) is 2.29. The lowest BCUT2D eigenvalue weighted by Gasteiger charge is -2.32. The van der Waals surface area contributed by atoms with Crippen LogP contribution in [0.15, 0.2) is 6.20 Å². The van der Waals surface area contributed by atoms with Gasteiger partial charge in [0.1, 0.15) is 5.60 Å². The molecule has 11 heteroatoms. The Morgan fingerprint density at radius 1 is 1.21 bits per heavy atom. The molecule has 33 heavy (non-hydrogen) atoms. The highest BCUT2D eigenvalue weighted by atomic mass is 35.5. The zero-order valence-corrected chi connectivity index (χ0v) is 20.9. The zero-order valence-electron chi connectivity index (χ0n) is 20.1. The third-order valence-corrected chi connectivity index (χ3v) is 5.43. The normalized spacial score (nSPS) is 16.2. The first kappa shape index (κ1) is 26.6. The average molecular weight is 483 g/mol. The molecule has 0 saturated carbocycles. The van der Waals surface area contributed by atoms with Crippen molar-refractivity contribution in [3.63, 3.8) is 0 Å². The highest BCUT2D eigenvalue weighted by Crippen LogP contribution is 2.22. The van der Waals surface area contributed by atoms with Crippen molar-refractivity contribution in [1.29, 1.82) is 0 Å². The molecule has 1 fully saturated rings. The first-order valence-electron chi connectivity index (χ1n) is 11.4. The van der Waals surface area contributed by atoms with Gasteiger partial charge in [-0.05, 0) is 47.5 Å². The van der Waals surface area contributed by atoms with Crippen LogP contribution in [-0.4, -0.2) is 77.6 Å². The molecule has 2 heterocycles. The van der Waals surface area contributed by atoms with Crippen molar-refractivity contribution < 1.29 is 19.1 Å². The van der Waals surface area contributed by atoms with E-state index in [1.807, 2.05) is 18.7 Å². The monoisotopic (exact) mass is 482 g/mol. The Hall–Kier alpha value is -2.62. The number of hydrogen-bond acceptors (Lipinski definition) is 7. The number of likely N-dealkylation sites (tertiary alicyclic amines) is 1. The van der Waals surface area contributed by atoms with Gasteiger partial charge in [0.15, 0.2) is 5.69 Å². The number of aromatic nitrogens is 2. The van der Waals surface area contributed by atoms with Crippen molar-refractivity contribution >= 4 is 35.5 Å². The van der Waals surface area contributed by atoms with Gasteiger partial charge in [-0.3, -0.25) is 9.59 Å². The maximum Gasteiger partial charge on any atom is 0.407 e. The lowest BCUT2D eigenvalue weighted by Crippen LogP contribution is -2.47. The van der Waals surface area contributed by atoms with Crippen molar-refractivity contribution in [2.45, 2.75) is 53.1 Å². The Morgan fingerprint density at radius 2 is 1.88 bits per heavy atom. The van der Waals surface area contributed by atoms with E-state index >= 15 is 0 Å². The van der Waals surface area contributed by atoms with Crippen LogP contribution in [0.5, 0.6) is 0 Å². The molecule has 1 aliphatic rings. The summed E-state index contributed by atoms with van der Waals surface area (Å²) in [5.41, 5.74) is -0.430. The summed E-state index contributed by atoms with van der Waals surface area (Å²) in [6, 6.07) is 0. The van der Waals surface area contributed by atoms with Crippen molar-refractivity contribution in [1.82, 2.24) is 25.5 Å². The van der Waals surface area contributed by atoms with Gasteiger partial charge in [-0.2, -0.15) is 0 Å². The van der Waals surface area contributed by atoms with Crippen LogP contribution in [0.25, 0.3) is 0 Å². The second-order valence-corrected chi connectivity index (χ2v) is 9.26. The molecular formula is C22H35ClN6O4. The number of amides is 3. The highest BCUT2D eigenvalue weighted by molar-refractivity contribution is 6.33. The SMILES string of the molecule is CCN(CC)c1ncc(Cl)c(C(=O)N2CCCC(C(=O)NCCNC(=O)OC(C)(C)C)C2)n1. The molecule has 1 unspecified atom stereocenters. The van der Waals surface area contributed by atoms with Crippen molar-refractivity contribution in [2.75, 3.05) is 44.2 Å². The first-order chi connectivity index (χ1) is 15.6. The van der Waals surface area contributed by atoms with Gasteiger partial charge in [-0.1, -0.05) is 11.6 Å². The van der Waals surface area contributed by atoms with Gasteiger partial charge in [0, 0.05) is 39.3 Å². The molecule has 1 atom stereocenters. The predicted molar refractivity (Wildman–Crippen MR) is 126 cm³/mol. The number of anilines is 1. The fourth-order valence-corrected chi connectivity index (χ4v) is 3.67. The summed E-state index contributed by atoms with van der Waals surface area (Å²) >= 11 is 6.24. The zero-order chi connectivity index (χ0) is 24.6. The van der Waals surface area contributed by atoms with Crippen molar-refractivity contribution in [2.24, 2.45) is 5.92 Å². The number of ether oxygens (including phenoxy) is 1. The smallest absolute Gasteiger partial charge is 0.407 e. The number of nitrogens with zero attached hydrogens (tertiary/aromatic N) is 4. The number of hydrogen-bond donors (Lipinski definition) is 2. The summed E-state index contributed by atoms with van der Waals surface area (Å²) in [6.45, 7) is 12.1. The van der Waals surface area contributed by atoms with E-state index in [0.717, 1.165) is 0 Å². The summed E-state index contributed by atoms with van der Waals surface area (Å²) in [4.78, 5) is 49.6. The van der Waals surface area contributed by atoms with Crippen LogP contribution in [0.2, 0.25) is 5.02 Å². The van der Waals surface area contributed by atoms with Crippen LogP contribution in [0.4, 0.5) is 10.7 Å². The Kier molecular flexibility index (Phi) is 9.70. The van der Waals surface area contributed by atoms with E-state index in [2.05, 4.69) is 20.6 Å². The average Bonchev–Trinajstić information content (AvgIpc) is 2.77. The molecular weight excluding hydrogens is 448 g/mol. The fourth-order valence-electron chi connectivity index (χ4n) is 3.50. The maximum atomic E-state index is 13.1. The molecule has 3 amide bonds. The lowest BCUT2D eigenvalue weighted by atomic mass is 9.97. The Labute approximate surface area is 200 Å². The summed E-state index contributed by atoms with van der Waals surface area (Å²) in [7, 11) is 0. The van der Waals surface area contributed by atoms with Crippen LogP contribution < -0.4 is 15.5 Å². The second kappa shape index (κ2) is 12.0. The Morgan fingerprint density at radius 3 is 2.52 bits per heavy atom. The number of carbonyl (C=O) groups is 3. The number of halogens is 1. The molecule has 2 rings (SSSR count). The number of alkyl carbamates (subject to hydrolysis) is 1. The minimum atomic E-state index is -0.579.